The molecule has 1 N–H and O–H groups in total. The highest BCUT2D eigenvalue weighted by Crippen LogP contribution is 2.29. The second-order valence-electron chi connectivity index (χ2n) is 5.84. The summed E-state index contributed by atoms with van der Waals surface area (Å²) in [5.41, 5.74) is 0.989. The van der Waals surface area contributed by atoms with Gasteiger partial charge in [-0.2, -0.15) is 0 Å². The minimum atomic E-state index is -0.279. The van der Waals surface area contributed by atoms with Gasteiger partial charge in [-0.25, -0.2) is 4.98 Å². The summed E-state index contributed by atoms with van der Waals surface area (Å²) < 4.78 is 21.6. The number of anilines is 1. The second-order valence-corrected chi connectivity index (χ2v) is 5.84. The first-order chi connectivity index (χ1) is 12.7. The molecule has 0 spiro atoms. The molecule has 26 heavy (non-hydrogen) atoms. The van der Waals surface area contributed by atoms with Crippen LogP contribution >= 0.6 is 0 Å². The summed E-state index contributed by atoms with van der Waals surface area (Å²) in [5.74, 6) is 1.40. The third-order valence-electron chi connectivity index (χ3n) is 4.11. The van der Waals surface area contributed by atoms with Gasteiger partial charge in [-0.15, -0.1) is 0 Å². The molecule has 1 aliphatic heterocycles. The monoisotopic (exact) mass is 358 g/mol. The van der Waals surface area contributed by atoms with Crippen molar-refractivity contribution in [1.82, 2.24) is 4.98 Å². The van der Waals surface area contributed by atoms with Crippen molar-refractivity contribution < 1.29 is 23.7 Å². The van der Waals surface area contributed by atoms with Gasteiger partial charge in [0.2, 0.25) is 5.88 Å². The number of ether oxygens (including phenoxy) is 4. The molecule has 2 heterocycles. The van der Waals surface area contributed by atoms with Crippen molar-refractivity contribution in [2.24, 2.45) is 0 Å². The number of hydrogen-bond acceptors (Lipinski definition) is 6. The van der Waals surface area contributed by atoms with E-state index in [0.717, 1.165) is 12.8 Å². The number of amides is 1. The summed E-state index contributed by atoms with van der Waals surface area (Å²) >= 11 is 0. The second kappa shape index (κ2) is 8.53. The number of carbonyl (C=O) groups excluding carboxylic acids is 1. The van der Waals surface area contributed by atoms with Gasteiger partial charge in [-0.05, 0) is 18.2 Å². The molecule has 0 atom stereocenters. The first-order valence-corrected chi connectivity index (χ1v) is 8.43. The fourth-order valence-corrected chi connectivity index (χ4v) is 2.65. The van der Waals surface area contributed by atoms with Crippen LogP contribution in [0.25, 0.3) is 0 Å². The number of rotatable bonds is 6. The Kier molecular flexibility index (Phi) is 5.91. The van der Waals surface area contributed by atoms with Crippen molar-refractivity contribution in [1.29, 1.82) is 0 Å². The summed E-state index contributed by atoms with van der Waals surface area (Å²) in [6, 6.07) is 8.58. The van der Waals surface area contributed by atoms with E-state index >= 15 is 0 Å². The number of pyridine rings is 1. The van der Waals surface area contributed by atoms with Gasteiger partial charge in [-0.1, -0.05) is 0 Å². The molecular formula is C19H22N2O5. The van der Waals surface area contributed by atoms with E-state index in [9.17, 15) is 4.79 Å². The smallest absolute Gasteiger partial charge is 0.257 e. The molecular weight excluding hydrogens is 336 g/mol. The van der Waals surface area contributed by atoms with Crippen molar-refractivity contribution in [2.45, 2.75) is 18.9 Å². The zero-order valence-corrected chi connectivity index (χ0v) is 14.9. The lowest BCUT2D eigenvalue weighted by molar-refractivity contribution is 0.0237. The average Bonchev–Trinajstić information content (AvgIpc) is 2.69. The van der Waals surface area contributed by atoms with E-state index < -0.39 is 0 Å². The van der Waals surface area contributed by atoms with Gasteiger partial charge in [0.25, 0.3) is 5.91 Å². The van der Waals surface area contributed by atoms with Crippen LogP contribution in [0.3, 0.4) is 0 Å². The molecule has 0 unspecified atom stereocenters. The Balaban J connectivity index is 1.64. The Bertz CT molecular complexity index is 742. The van der Waals surface area contributed by atoms with Crippen molar-refractivity contribution in [3.63, 3.8) is 0 Å². The van der Waals surface area contributed by atoms with Crippen molar-refractivity contribution in [3.8, 4) is 17.4 Å². The number of aromatic nitrogens is 1. The van der Waals surface area contributed by atoms with Crippen LogP contribution in [0.4, 0.5) is 5.69 Å². The third kappa shape index (κ3) is 4.43. The lowest BCUT2D eigenvalue weighted by Gasteiger charge is -2.22. The number of nitrogens with zero attached hydrogens (tertiary/aromatic N) is 1. The first kappa shape index (κ1) is 18.0. The molecule has 1 amide bonds. The predicted octanol–water partition coefficient (Wildman–Crippen LogP) is 2.91. The molecule has 0 radical (unpaired) electrons. The summed E-state index contributed by atoms with van der Waals surface area (Å²) in [6.07, 6.45) is 3.31. The largest absolute Gasteiger partial charge is 0.497 e. The molecule has 7 heteroatoms. The first-order valence-electron chi connectivity index (χ1n) is 8.43. The van der Waals surface area contributed by atoms with Crippen molar-refractivity contribution in [3.05, 3.63) is 42.1 Å². The standard InChI is InChI=1S/C19H22N2O5/c1-23-15-4-5-16(17(11-15)24-2)21-19(22)13-3-6-18(20-12-13)26-14-7-9-25-10-8-14/h3-6,11-12,14H,7-10H2,1-2H3,(H,21,22). The molecule has 1 aliphatic rings. The topological polar surface area (TPSA) is 78.9 Å². The third-order valence-corrected chi connectivity index (χ3v) is 4.11. The molecule has 7 nitrogen and oxygen atoms in total. The van der Waals surface area contributed by atoms with Gasteiger partial charge >= 0.3 is 0 Å². The molecule has 2 aromatic rings. The van der Waals surface area contributed by atoms with E-state index in [2.05, 4.69) is 10.3 Å². The normalized spacial score (nSPS) is 14.5. The fraction of sp³-hybridized carbons (Fsp3) is 0.368. The highest BCUT2D eigenvalue weighted by molar-refractivity contribution is 6.04. The van der Waals surface area contributed by atoms with Crippen LogP contribution in [0.5, 0.6) is 17.4 Å². The molecule has 3 rings (SSSR count). The van der Waals surface area contributed by atoms with Gasteiger partial charge in [0, 0.05) is 31.2 Å². The average molecular weight is 358 g/mol. The number of hydrogen-bond donors (Lipinski definition) is 1. The summed E-state index contributed by atoms with van der Waals surface area (Å²) in [7, 11) is 3.11. The van der Waals surface area contributed by atoms with Crippen LogP contribution in [-0.2, 0) is 4.74 Å². The lowest BCUT2D eigenvalue weighted by atomic mass is 10.1. The fourth-order valence-electron chi connectivity index (χ4n) is 2.65. The molecule has 1 fully saturated rings. The summed E-state index contributed by atoms with van der Waals surface area (Å²) in [6.45, 7) is 1.41. The maximum atomic E-state index is 12.4. The Morgan fingerprint density at radius 3 is 2.62 bits per heavy atom. The van der Waals surface area contributed by atoms with Crippen LogP contribution in [0.1, 0.15) is 23.2 Å². The molecule has 0 bridgehead atoms. The molecule has 0 saturated carbocycles. The van der Waals surface area contributed by atoms with E-state index in [-0.39, 0.29) is 12.0 Å². The molecule has 1 saturated heterocycles. The van der Waals surface area contributed by atoms with Gasteiger partial charge in [0.15, 0.2) is 0 Å². The molecule has 1 aromatic heterocycles. The van der Waals surface area contributed by atoms with Crippen LogP contribution < -0.4 is 19.5 Å². The van der Waals surface area contributed by atoms with Gasteiger partial charge in [0.05, 0.1) is 38.7 Å². The van der Waals surface area contributed by atoms with E-state index in [4.69, 9.17) is 18.9 Å². The summed E-state index contributed by atoms with van der Waals surface area (Å²) in [5, 5.41) is 2.81. The number of carbonyl (C=O) groups is 1. The maximum absolute atomic E-state index is 12.4. The lowest BCUT2D eigenvalue weighted by Crippen LogP contribution is -2.26. The van der Waals surface area contributed by atoms with Gasteiger partial charge < -0.3 is 24.3 Å². The Morgan fingerprint density at radius 1 is 1.15 bits per heavy atom. The van der Waals surface area contributed by atoms with Crippen LogP contribution in [0, 0.1) is 0 Å². The van der Waals surface area contributed by atoms with Gasteiger partial charge in [0.1, 0.15) is 17.6 Å². The quantitative estimate of drug-likeness (QED) is 0.855. The Hall–Kier alpha value is -2.80. The zero-order chi connectivity index (χ0) is 18.4. The van der Waals surface area contributed by atoms with Crippen molar-refractivity contribution >= 4 is 11.6 Å². The van der Waals surface area contributed by atoms with E-state index in [1.165, 1.54) is 13.3 Å². The number of benzene rings is 1. The van der Waals surface area contributed by atoms with E-state index in [1.54, 1.807) is 37.4 Å². The van der Waals surface area contributed by atoms with Crippen molar-refractivity contribution in [2.75, 3.05) is 32.8 Å². The maximum Gasteiger partial charge on any atom is 0.257 e. The van der Waals surface area contributed by atoms with Crippen LogP contribution in [-0.4, -0.2) is 44.4 Å². The number of nitrogens with one attached hydrogen (secondary N) is 1. The summed E-state index contributed by atoms with van der Waals surface area (Å²) in [4.78, 5) is 16.7. The van der Waals surface area contributed by atoms with Crippen LogP contribution in [0.15, 0.2) is 36.5 Å². The minimum Gasteiger partial charge on any atom is -0.497 e. The highest BCUT2D eigenvalue weighted by Gasteiger charge is 2.16. The minimum absolute atomic E-state index is 0.111. The molecule has 1 aromatic carbocycles. The Morgan fingerprint density at radius 2 is 1.96 bits per heavy atom. The predicted molar refractivity (Wildman–Crippen MR) is 96.2 cm³/mol. The zero-order valence-electron chi connectivity index (χ0n) is 14.9. The van der Waals surface area contributed by atoms with E-state index in [1.807, 2.05) is 0 Å². The SMILES string of the molecule is COc1ccc(NC(=O)c2ccc(OC3CCOCC3)nc2)c(OC)c1. The van der Waals surface area contributed by atoms with Crippen LogP contribution in [0.2, 0.25) is 0 Å². The Labute approximate surface area is 152 Å². The highest BCUT2D eigenvalue weighted by atomic mass is 16.5. The molecule has 0 aliphatic carbocycles. The van der Waals surface area contributed by atoms with Gasteiger partial charge in [-0.3, -0.25) is 4.79 Å². The van der Waals surface area contributed by atoms with E-state index in [0.29, 0.717) is 41.8 Å². The number of methoxy groups -OCH3 is 2. The molecule has 138 valence electrons.